The molecule has 4 aromatic rings. The second-order valence-corrected chi connectivity index (χ2v) is 5.84. The summed E-state index contributed by atoms with van der Waals surface area (Å²) in [6, 6.07) is 21.8. The van der Waals surface area contributed by atoms with Crippen molar-refractivity contribution in [3.63, 3.8) is 0 Å². The van der Waals surface area contributed by atoms with Gasteiger partial charge in [0.1, 0.15) is 11.3 Å². The predicted octanol–water partition coefficient (Wildman–Crippen LogP) is 5.15. The molecule has 27 heavy (non-hydrogen) atoms. The third-order valence-electron chi connectivity index (χ3n) is 4.04. The number of anilines is 2. The average molecular weight is 359 g/mol. The Morgan fingerprint density at radius 3 is 2.44 bits per heavy atom. The third-order valence-corrected chi connectivity index (χ3v) is 4.04. The molecule has 0 radical (unpaired) electrons. The maximum Gasteiger partial charge on any atom is 0.323 e. The van der Waals surface area contributed by atoms with Crippen molar-refractivity contribution in [3.8, 4) is 17.2 Å². The minimum Gasteiger partial charge on any atom is -0.495 e. The summed E-state index contributed by atoms with van der Waals surface area (Å²) < 4.78 is 11.0. The molecule has 0 spiro atoms. The number of fused-ring (bicyclic) bond motifs is 1. The molecule has 0 saturated heterocycles. The van der Waals surface area contributed by atoms with E-state index in [-0.39, 0.29) is 6.03 Å². The normalized spacial score (nSPS) is 10.6. The predicted molar refractivity (Wildman–Crippen MR) is 105 cm³/mol. The van der Waals surface area contributed by atoms with Crippen molar-refractivity contribution in [2.75, 3.05) is 17.7 Å². The highest BCUT2D eigenvalue weighted by Crippen LogP contribution is 2.26. The molecular weight excluding hydrogens is 342 g/mol. The van der Waals surface area contributed by atoms with E-state index in [1.165, 1.54) is 0 Å². The number of nitrogens with zero attached hydrogens (tertiary/aromatic N) is 1. The van der Waals surface area contributed by atoms with Gasteiger partial charge in [0.2, 0.25) is 5.89 Å². The summed E-state index contributed by atoms with van der Waals surface area (Å²) in [5.41, 5.74) is 3.64. The van der Waals surface area contributed by atoms with E-state index < -0.39 is 0 Å². The second kappa shape index (κ2) is 7.21. The van der Waals surface area contributed by atoms with E-state index in [1.807, 2.05) is 48.5 Å². The molecule has 2 N–H and O–H groups in total. The van der Waals surface area contributed by atoms with Crippen molar-refractivity contribution in [1.82, 2.24) is 4.98 Å². The first-order valence-electron chi connectivity index (χ1n) is 8.40. The number of hydrogen-bond donors (Lipinski definition) is 2. The van der Waals surface area contributed by atoms with Crippen LogP contribution >= 0.6 is 0 Å². The number of amides is 2. The van der Waals surface area contributed by atoms with Crippen LogP contribution in [0.25, 0.3) is 22.6 Å². The van der Waals surface area contributed by atoms with Crippen LogP contribution in [0.15, 0.2) is 77.2 Å². The van der Waals surface area contributed by atoms with Crippen molar-refractivity contribution in [2.24, 2.45) is 0 Å². The highest BCUT2D eigenvalue weighted by Gasteiger charge is 2.09. The number of carbonyl (C=O) groups is 1. The average Bonchev–Trinajstić information content (AvgIpc) is 3.13. The first kappa shape index (κ1) is 16.7. The van der Waals surface area contributed by atoms with Gasteiger partial charge in [0.05, 0.1) is 12.8 Å². The molecule has 0 saturated carbocycles. The number of rotatable bonds is 4. The zero-order valence-corrected chi connectivity index (χ0v) is 14.6. The topological polar surface area (TPSA) is 76.4 Å². The number of carbonyl (C=O) groups excluding carboxylic acids is 1. The molecule has 6 nitrogen and oxygen atoms in total. The molecule has 0 aliphatic carbocycles. The van der Waals surface area contributed by atoms with Crippen molar-refractivity contribution in [1.29, 1.82) is 0 Å². The van der Waals surface area contributed by atoms with Crippen molar-refractivity contribution < 1.29 is 13.9 Å². The zero-order chi connectivity index (χ0) is 18.6. The van der Waals surface area contributed by atoms with Crippen molar-refractivity contribution in [3.05, 3.63) is 72.8 Å². The molecule has 0 aliphatic heterocycles. The number of benzene rings is 3. The monoisotopic (exact) mass is 359 g/mol. The van der Waals surface area contributed by atoms with Crippen LogP contribution in [-0.4, -0.2) is 18.1 Å². The molecule has 0 unspecified atom stereocenters. The molecule has 6 heteroatoms. The van der Waals surface area contributed by atoms with E-state index in [9.17, 15) is 4.79 Å². The fraction of sp³-hybridized carbons (Fsp3) is 0.0476. The summed E-state index contributed by atoms with van der Waals surface area (Å²) in [6.07, 6.45) is 0. The molecule has 3 aromatic carbocycles. The Hall–Kier alpha value is -3.80. The largest absolute Gasteiger partial charge is 0.495 e. The number of ether oxygens (including phenoxy) is 1. The maximum atomic E-state index is 12.2. The molecule has 2 amide bonds. The van der Waals surface area contributed by atoms with Gasteiger partial charge in [-0.2, -0.15) is 0 Å². The van der Waals surface area contributed by atoms with Crippen LogP contribution in [0.1, 0.15) is 0 Å². The molecule has 4 rings (SSSR count). The van der Waals surface area contributed by atoms with E-state index in [2.05, 4.69) is 15.6 Å². The lowest BCUT2D eigenvalue weighted by molar-refractivity contribution is 0.262. The number of urea groups is 1. The molecule has 0 fully saturated rings. The van der Waals surface area contributed by atoms with Crippen LogP contribution in [0.3, 0.4) is 0 Å². The van der Waals surface area contributed by atoms with E-state index in [0.717, 1.165) is 16.7 Å². The fourth-order valence-electron chi connectivity index (χ4n) is 2.72. The van der Waals surface area contributed by atoms with Gasteiger partial charge in [-0.05, 0) is 48.5 Å². The third kappa shape index (κ3) is 3.59. The Balaban J connectivity index is 1.46. The summed E-state index contributed by atoms with van der Waals surface area (Å²) in [7, 11) is 1.56. The summed E-state index contributed by atoms with van der Waals surface area (Å²) in [5.74, 6) is 1.14. The summed E-state index contributed by atoms with van der Waals surface area (Å²) in [6.45, 7) is 0. The Labute approximate surface area is 155 Å². The quantitative estimate of drug-likeness (QED) is 0.528. The Morgan fingerprint density at radius 1 is 0.926 bits per heavy atom. The highest BCUT2D eigenvalue weighted by molar-refractivity contribution is 6.00. The Kier molecular flexibility index (Phi) is 4.45. The minimum atomic E-state index is -0.353. The Morgan fingerprint density at radius 2 is 1.67 bits per heavy atom. The van der Waals surface area contributed by atoms with Crippen LogP contribution < -0.4 is 15.4 Å². The SMILES string of the molecule is COc1ccccc1NC(=O)Nc1ccc(-c2nc3ccccc3o2)cc1. The van der Waals surface area contributed by atoms with Gasteiger partial charge in [-0.15, -0.1) is 0 Å². The van der Waals surface area contributed by atoms with Gasteiger partial charge in [-0.1, -0.05) is 24.3 Å². The van der Waals surface area contributed by atoms with Gasteiger partial charge in [0, 0.05) is 11.3 Å². The van der Waals surface area contributed by atoms with Gasteiger partial charge in [0.15, 0.2) is 5.58 Å². The van der Waals surface area contributed by atoms with Crippen LogP contribution in [0.4, 0.5) is 16.2 Å². The summed E-state index contributed by atoms with van der Waals surface area (Å²) >= 11 is 0. The second-order valence-electron chi connectivity index (χ2n) is 5.84. The van der Waals surface area contributed by atoms with Gasteiger partial charge in [-0.25, -0.2) is 9.78 Å². The van der Waals surface area contributed by atoms with Crippen LogP contribution in [0.2, 0.25) is 0 Å². The number of aromatic nitrogens is 1. The maximum absolute atomic E-state index is 12.2. The van der Waals surface area contributed by atoms with E-state index in [1.54, 1.807) is 31.4 Å². The highest BCUT2D eigenvalue weighted by atomic mass is 16.5. The number of methoxy groups -OCH3 is 1. The standard InChI is InChI=1S/C21H17N3O3/c1-26-18-8-4-2-6-16(18)24-21(25)22-15-12-10-14(11-13-15)20-23-17-7-3-5-9-19(17)27-20/h2-13H,1H3,(H2,22,24,25). The molecular formula is C21H17N3O3. The van der Waals surface area contributed by atoms with Crippen LogP contribution in [0.5, 0.6) is 5.75 Å². The van der Waals surface area contributed by atoms with Gasteiger partial charge in [-0.3, -0.25) is 0 Å². The number of para-hydroxylation sites is 4. The summed E-state index contributed by atoms with van der Waals surface area (Å²) in [5, 5.41) is 5.56. The molecule has 1 aromatic heterocycles. The lowest BCUT2D eigenvalue weighted by atomic mass is 10.2. The smallest absolute Gasteiger partial charge is 0.323 e. The molecule has 134 valence electrons. The number of nitrogens with one attached hydrogen (secondary N) is 2. The first-order chi connectivity index (χ1) is 13.2. The van der Waals surface area contributed by atoms with E-state index in [0.29, 0.717) is 23.0 Å². The van der Waals surface area contributed by atoms with Crippen molar-refractivity contribution >= 4 is 28.5 Å². The molecule has 0 bridgehead atoms. The summed E-state index contributed by atoms with van der Waals surface area (Å²) in [4.78, 5) is 16.7. The van der Waals surface area contributed by atoms with Gasteiger partial charge in [0.25, 0.3) is 0 Å². The first-order valence-corrected chi connectivity index (χ1v) is 8.40. The Bertz CT molecular complexity index is 1050. The molecule has 0 atom stereocenters. The van der Waals surface area contributed by atoms with Gasteiger partial charge >= 0.3 is 6.03 Å². The zero-order valence-electron chi connectivity index (χ0n) is 14.6. The number of hydrogen-bond acceptors (Lipinski definition) is 4. The van der Waals surface area contributed by atoms with Crippen LogP contribution in [0, 0.1) is 0 Å². The van der Waals surface area contributed by atoms with E-state index in [4.69, 9.17) is 9.15 Å². The van der Waals surface area contributed by atoms with Crippen molar-refractivity contribution in [2.45, 2.75) is 0 Å². The van der Waals surface area contributed by atoms with Gasteiger partial charge < -0.3 is 19.8 Å². The lowest BCUT2D eigenvalue weighted by Crippen LogP contribution is -2.19. The fourth-order valence-corrected chi connectivity index (χ4v) is 2.72. The lowest BCUT2D eigenvalue weighted by Gasteiger charge is -2.11. The molecule has 1 heterocycles. The minimum absolute atomic E-state index is 0.353. The van der Waals surface area contributed by atoms with Crippen LogP contribution in [-0.2, 0) is 0 Å². The number of oxazole rings is 1. The van der Waals surface area contributed by atoms with E-state index >= 15 is 0 Å². The molecule has 0 aliphatic rings.